The topological polar surface area (TPSA) is 39.7 Å². The number of piperazine rings is 1. The number of aromatic nitrogens is 1. The van der Waals surface area contributed by atoms with E-state index in [1.807, 2.05) is 17.2 Å². The first-order chi connectivity index (χ1) is 10.6. The lowest BCUT2D eigenvalue weighted by Crippen LogP contribution is -2.53. The average molecular weight is 302 g/mol. The molecular formula is C17H26N4O. The summed E-state index contributed by atoms with van der Waals surface area (Å²) in [4.78, 5) is 22.9. The van der Waals surface area contributed by atoms with Gasteiger partial charge in [0.15, 0.2) is 0 Å². The molecule has 0 aliphatic carbocycles. The summed E-state index contributed by atoms with van der Waals surface area (Å²) in [5.74, 6) is 0.878. The van der Waals surface area contributed by atoms with E-state index in [-0.39, 0.29) is 5.91 Å². The molecule has 0 saturated carbocycles. The number of likely N-dealkylation sites (tertiary alicyclic amines) is 1. The van der Waals surface area contributed by atoms with Crippen LogP contribution in [0.4, 0.5) is 0 Å². The van der Waals surface area contributed by atoms with Gasteiger partial charge < -0.3 is 4.90 Å². The maximum absolute atomic E-state index is 11.4. The van der Waals surface area contributed by atoms with Crippen molar-refractivity contribution in [2.45, 2.75) is 26.4 Å². The van der Waals surface area contributed by atoms with Crippen LogP contribution in [0.2, 0.25) is 0 Å². The Morgan fingerprint density at radius 1 is 1.23 bits per heavy atom. The zero-order valence-corrected chi connectivity index (χ0v) is 13.6. The molecule has 0 radical (unpaired) electrons. The van der Waals surface area contributed by atoms with E-state index in [0.29, 0.717) is 12.0 Å². The van der Waals surface area contributed by atoms with Crippen molar-refractivity contribution < 1.29 is 4.79 Å². The van der Waals surface area contributed by atoms with Gasteiger partial charge in [0, 0.05) is 65.0 Å². The van der Waals surface area contributed by atoms with Gasteiger partial charge >= 0.3 is 0 Å². The fourth-order valence-electron chi connectivity index (χ4n) is 3.74. The summed E-state index contributed by atoms with van der Waals surface area (Å²) in [6.07, 6.45) is 1.87. The van der Waals surface area contributed by atoms with Crippen molar-refractivity contribution >= 4 is 5.91 Å². The Morgan fingerprint density at radius 3 is 2.64 bits per heavy atom. The number of hydrogen-bond donors (Lipinski definition) is 0. The van der Waals surface area contributed by atoms with Crippen LogP contribution < -0.4 is 0 Å². The van der Waals surface area contributed by atoms with Crippen LogP contribution in [-0.2, 0) is 11.3 Å². The van der Waals surface area contributed by atoms with Crippen LogP contribution in [0.5, 0.6) is 0 Å². The van der Waals surface area contributed by atoms with Crippen LogP contribution >= 0.6 is 0 Å². The van der Waals surface area contributed by atoms with Crippen LogP contribution in [0.15, 0.2) is 24.4 Å². The lowest BCUT2D eigenvalue weighted by molar-refractivity contribution is -0.130. The minimum Gasteiger partial charge on any atom is -0.340 e. The molecule has 5 heteroatoms. The molecule has 0 unspecified atom stereocenters. The highest BCUT2D eigenvalue weighted by atomic mass is 16.2. The van der Waals surface area contributed by atoms with Gasteiger partial charge in [0.05, 0.1) is 5.69 Å². The maximum atomic E-state index is 11.4. The van der Waals surface area contributed by atoms with Crippen LogP contribution in [0, 0.1) is 5.92 Å². The highest BCUT2D eigenvalue weighted by Gasteiger charge is 2.35. The van der Waals surface area contributed by atoms with Crippen molar-refractivity contribution in [1.29, 1.82) is 0 Å². The first-order valence-electron chi connectivity index (χ1n) is 8.25. The molecule has 0 aromatic carbocycles. The highest BCUT2D eigenvalue weighted by molar-refractivity contribution is 5.73. The average Bonchev–Trinajstić information content (AvgIpc) is 2.89. The number of carbonyl (C=O) groups excluding carboxylic acids is 1. The van der Waals surface area contributed by atoms with Crippen molar-refractivity contribution in [2.24, 2.45) is 5.92 Å². The molecule has 2 aliphatic rings. The van der Waals surface area contributed by atoms with Crippen molar-refractivity contribution in [1.82, 2.24) is 19.7 Å². The maximum Gasteiger partial charge on any atom is 0.219 e. The first kappa shape index (κ1) is 15.4. The highest BCUT2D eigenvalue weighted by Crippen LogP contribution is 2.24. The zero-order chi connectivity index (χ0) is 15.5. The van der Waals surface area contributed by atoms with E-state index in [1.165, 1.54) is 0 Å². The van der Waals surface area contributed by atoms with Gasteiger partial charge in [-0.25, -0.2) is 0 Å². The first-order valence-corrected chi connectivity index (χ1v) is 8.25. The van der Waals surface area contributed by atoms with Gasteiger partial charge in [-0.3, -0.25) is 19.6 Å². The Morgan fingerprint density at radius 2 is 2.00 bits per heavy atom. The third-order valence-electron chi connectivity index (χ3n) is 4.99. The Kier molecular flexibility index (Phi) is 4.74. The summed E-state index contributed by atoms with van der Waals surface area (Å²) in [5.41, 5.74) is 1.15. The fourth-order valence-corrected chi connectivity index (χ4v) is 3.74. The number of rotatable bonds is 3. The second-order valence-electron chi connectivity index (χ2n) is 6.60. The number of nitrogens with zero attached hydrogens (tertiary/aromatic N) is 4. The van der Waals surface area contributed by atoms with E-state index < -0.39 is 0 Å². The summed E-state index contributed by atoms with van der Waals surface area (Å²) in [6, 6.07) is 6.73. The second-order valence-corrected chi connectivity index (χ2v) is 6.60. The lowest BCUT2D eigenvalue weighted by atomic mass is 10.0. The molecule has 5 nitrogen and oxygen atoms in total. The number of carbonyl (C=O) groups is 1. The Labute approximate surface area is 132 Å². The largest absolute Gasteiger partial charge is 0.340 e. The quantitative estimate of drug-likeness (QED) is 0.837. The molecule has 3 heterocycles. The van der Waals surface area contributed by atoms with E-state index in [9.17, 15) is 4.79 Å². The zero-order valence-electron chi connectivity index (χ0n) is 13.6. The molecule has 22 heavy (non-hydrogen) atoms. The Hall–Kier alpha value is -1.46. The van der Waals surface area contributed by atoms with Gasteiger partial charge in [0.2, 0.25) is 5.91 Å². The van der Waals surface area contributed by atoms with Gasteiger partial charge in [-0.1, -0.05) is 13.0 Å². The standard InChI is InChI=1S/C17H26N4O/c1-14-11-19(12-16-5-3-4-6-18-16)13-17(14)21-9-7-20(8-10-21)15(2)22/h3-6,14,17H,7-13H2,1-2H3/t14-,17-/m0/s1. The normalized spacial score (nSPS) is 27.3. The van der Waals surface area contributed by atoms with Crippen LogP contribution in [0.1, 0.15) is 19.5 Å². The van der Waals surface area contributed by atoms with E-state index in [0.717, 1.165) is 51.5 Å². The molecule has 1 aromatic heterocycles. The van der Waals surface area contributed by atoms with Crippen LogP contribution in [0.3, 0.4) is 0 Å². The fraction of sp³-hybridized carbons (Fsp3) is 0.647. The summed E-state index contributed by atoms with van der Waals surface area (Å²) in [7, 11) is 0. The van der Waals surface area contributed by atoms with Crippen molar-refractivity contribution in [3.63, 3.8) is 0 Å². The van der Waals surface area contributed by atoms with Gasteiger partial charge in [0.1, 0.15) is 0 Å². The molecule has 2 saturated heterocycles. The van der Waals surface area contributed by atoms with Gasteiger partial charge in [-0.15, -0.1) is 0 Å². The van der Waals surface area contributed by atoms with Crippen LogP contribution in [-0.4, -0.2) is 70.9 Å². The molecule has 2 atom stereocenters. The number of amides is 1. The third-order valence-corrected chi connectivity index (χ3v) is 4.99. The molecule has 0 spiro atoms. The number of pyridine rings is 1. The summed E-state index contributed by atoms with van der Waals surface area (Å²) < 4.78 is 0. The third kappa shape index (κ3) is 3.47. The van der Waals surface area contributed by atoms with E-state index in [2.05, 4.69) is 33.8 Å². The summed E-state index contributed by atoms with van der Waals surface area (Å²) in [6.45, 7) is 11.0. The summed E-state index contributed by atoms with van der Waals surface area (Å²) in [5, 5.41) is 0. The minimum absolute atomic E-state index is 0.205. The van der Waals surface area contributed by atoms with Crippen molar-refractivity contribution in [3.05, 3.63) is 30.1 Å². The molecular weight excluding hydrogens is 276 g/mol. The molecule has 3 rings (SSSR count). The van der Waals surface area contributed by atoms with E-state index >= 15 is 0 Å². The Bertz CT molecular complexity index is 499. The van der Waals surface area contributed by atoms with Gasteiger partial charge in [-0.2, -0.15) is 0 Å². The smallest absolute Gasteiger partial charge is 0.219 e. The molecule has 2 fully saturated rings. The summed E-state index contributed by atoms with van der Waals surface area (Å²) >= 11 is 0. The van der Waals surface area contributed by atoms with Crippen LogP contribution in [0.25, 0.3) is 0 Å². The molecule has 2 aliphatic heterocycles. The predicted molar refractivity (Wildman–Crippen MR) is 86.3 cm³/mol. The molecule has 1 amide bonds. The van der Waals surface area contributed by atoms with E-state index in [1.54, 1.807) is 6.92 Å². The van der Waals surface area contributed by atoms with Gasteiger partial charge in [-0.05, 0) is 18.1 Å². The SMILES string of the molecule is CC(=O)N1CCN([C@H]2CN(Cc3ccccn3)C[C@@H]2C)CC1. The second kappa shape index (κ2) is 6.75. The van der Waals surface area contributed by atoms with Crippen molar-refractivity contribution in [3.8, 4) is 0 Å². The number of hydrogen-bond acceptors (Lipinski definition) is 4. The Balaban J connectivity index is 1.54. The molecule has 0 bridgehead atoms. The molecule has 120 valence electrons. The molecule has 0 N–H and O–H groups in total. The van der Waals surface area contributed by atoms with E-state index in [4.69, 9.17) is 0 Å². The van der Waals surface area contributed by atoms with Crippen molar-refractivity contribution in [2.75, 3.05) is 39.3 Å². The minimum atomic E-state index is 0.205. The molecule has 1 aromatic rings. The monoisotopic (exact) mass is 302 g/mol. The predicted octanol–water partition coefficient (Wildman–Crippen LogP) is 1.07. The lowest BCUT2D eigenvalue weighted by Gasteiger charge is -2.39. The van der Waals surface area contributed by atoms with Gasteiger partial charge in [0.25, 0.3) is 0 Å².